The number of aliphatic hydroxyl groups excluding tert-OH is 2. The molecule has 1 aliphatic heterocycles. The normalized spacial score (nSPS) is 29.5. The number of rotatable bonds is 9. The largest absolute Gasteiger partial charge is 0.394 e. The van der Waals surface area contributed by atoms with E-state index in [9.17, 15) is 5.11 Å². The van der Waals surface area contributed by atoms with Crippen LogP contribution >= 0.6 is 0 Å². The predicted octanol–water partition coefficient (Wildman–Crippen LogP) is 1.80. The molecule has 0 amide bonds. The summed E-state index contributed by atoms with van der Waals surface area (Å²) in [4.78, 5) is 0. The lowest BCUT2D eigenvalue weighted by Gasteiger charge is -2.24. The zero-order valence-electron chi connectivity index (χ0n) is 14.8. The minimum absolute atomic E-state index is 0.000925. The summed E-state index contributed by atoms with van der Waals surface area (Å²) in [7, 11) is 3.39. The number of benzene rings is 1. The molecule has 1 aromatic rings. The molecule has 136 valence electrons. The van der Waals surface area contributed by atoms with E-state index in [1.54, 1.807) is 14.2 Å². The highest BCUT2D eigenvalue weighted by Crippen LogP contribution is 2.36. The van der Waals surface area contributed by atoms with Crippen LogP contribution in [0.15, 0.2) is 30.3 Å². The van der Waals surface area contributed by atoms with Gasteiger partial charge in [-0.3, -0.25) is 0 Å². The second kappa shape index (κ2) is 9.49. The van der Waals surface area contributed by atoms with Gasteiger partial charge < -0.3 is 24.4 Å². The molecule has 0 aromatic heterocycles. The number of aliphatic hydroxyl groups is 2. The highest BCUT2D eigenvalue weighted by molar-refractivity contribution is 5.16. The summed E-state index contributed by atoms with van der Waals surface area (Å²) >= 11 is 0. The van der Waals surface area contributed by atoms with Crippen LogP contribution in [0, 0.1) is 5.92 Å². The fourth-order valence-corrected chi connectivity index (χ4v) is 3.54. The zero-order valence-corrected chi connectivity index (χ0v) is 14.8. The van der Waals surface area contributed by atoms with Gasteiger partial charge in [0, 0.05) is 26.6 Å². The average Bonchev–Trinajstić information content (AvgIpc) is 2.91. The fraction of sp³-hybridized carbons (Fsp3) is 0.684. The van der Waals surface area contributed by atoms with Gasteiger partial charge >= 0.3 is 0 Å². The Morgan fingerprint density at radius 2 is 1.83 bits per heavy atom. The maximum absolute atomic E-state index is 9.81. The van der Waals surface area contributed by atoms with Gasteiger partial charge in [-0.25, -0.2) is 0 Å². The lowest BCUT2D eigenvalue weighted by molar-refractivity contribution is -0.0490. The first kappa shape index (κ1) is 19.3. The van der Waals surface area contributed by atoms with Gasteiger partial charge in [-0.15, -0.1) is 0 Å². The fourth-order valence-electron chi connectivity index (χ4n) is 3.54. The molecular weight excluding hydrogens is 308 g/mol. The lowest BCUT2D eigenvalue weighted by atomic mass is 9.86. The van der Waals surface area contributed by atoms with E-state index in [4.69, 9.17) is 19.3 Å². The van der Waals surface area contributed by atoms with Gasteiger partial charge in [-0.2, -0.15) is 0 Å². The standard InChI is InChI=1S/C19H30O5/c1-13(22-2)9-17-16(10-14-7-5-4-6-8-14)19(23-3)18(24-17)11-15(21)12-20/h4-8,13,15-21H,9-12H2,1-3H3/t13?,15-,16-,17?,18+,19+/m0/s1. The van der Waals surface area contributed by atoms with E-state index in [2.05, 4.69) is 12.1 Å². The summed E-state index contributed by atoms with van der Waals surface area (Å²) in [5, 5.41) is 18.9. The van der Waals surface area contributed by atoms with Crippen molar-refractivity contribution >= 4 is 0 Å². The van der Waals surface area contributed by atoms with E-state index in [1.165, 1.54) is 5.56 Å². The van der Waals surface area contributed by atoms with Crippen LogP contribution in [0.25, 0.3) is 0 Å². The Morgan fingerprint density at radius 1 is 1.12 bits per heavy atom. The summed E-state index contributed by atoms with van der Waals surface area (Å²) in [6, 6.07) is 10.3. The summed E-state index contributed by atoms with van der Waals surface area (Å²) in [5.74, 6) is 0.186. The van der Waals surface area contributed by atoms with E-state index in [-0.39, 0.29) is 36.9 Å². The smallest absolute Gasteiger partial charge is 0.0890 e. The van der Waals surface area contributed by atoms with Crippen molar-refractivity contribution in [3.63, 3.8) is 0 Å². The molecule has 0 radical (unpaired) electrons. The van der Waals surface area contributed by atoms with E-state index < -0.39 is 6.10 Å². The van der Waals surface area contributed by atoms with Crippen molar-refractivity contribution in [2.45, 2.75) is 56.7 Å². The molecule has 0 saturated carbocycles. The maximum Gasteiger partial charge on any atom is 0.0890 e. The SMILES string of the molecule is COC(C)CC1O[C@H](C[C@H](O)CO)[C@H](OC)[C@H]1Cc1ccccc1. The Kier molecular flexibility index (Phi) is 7.65. The minimum Gasteiger partial charge on any atom is -0.394 e. The second-order valence-electron chi connectivity index (χ2n) is 6.62. The molecule has 1 saturated heterocycles. The molecule has 1 aromatic carbocycles. The number of hydrogen-bond donors (Lipinski definition) is 2. The van der Waals surface area contributed by atoms with Crippen LogP contribution in [0.2, 0.25) is 0 Å². The molecule has 1 fully saturated rings. The van der Waals surface area contributed by atoms with E-state index in [0.29, 0.717) is 6.42 Å². The van der Waals surface area contributed by atoms with Crippen molar-refractivity contribution in [2.24, 2.45) is 5.92 Å². The molecule has 24 heavy (non-hydrogen) atoms. The second-order valence-corrected chi connectivity index (χ2v) is 6.62. The molecule has 1 heterocycles. The van der Waals surface area contributed by atoms with Gasteiger partial charge in [-0.05, 0) is 25.3 Å². The molecule has 0 bridgehead atoms. The average molecular weight is 338 g/mol. The van der Waals surface area contributed by atoms with Gasteiger partial charge in [-0.1, -0.05) is 30.3 Å². The Morgan fingerprint density at radius 3 is 2.42 bits per heavy atom. The van der Waals surface area contributed by atoms with Crippen LogP contribution in [0.3, 0.4) is 0 Å². The molecule has 2 rings (SSSR count). The molecule has 2 N–H and O–H groups in total. The molecule has 6 atom stereocenters. The molecule has 5 nitrogen and oxygen atoms in total. The van der Waals surface area contributed by atoms with Crippen molar-refractivity contribution < 1.29 is 24.4 Å². The molecular formula is C19H30O5. The lowest BCUT2D eigenvalue weighted by Crippen LogP contribution is -2.34. The number of hydrogen-bond acceptors (Lipinski definition) is 5. The van der Waals surface area contributed by atoms with Crippen molar-refractivity contribution in [1.29, 1.82) is 0 Å². The van der Waals surface area contributed by atoms with Gasteiger partial charge in [0.15, 0.2) is 0 Å². The highest BCUT2D eigenvalue weighted by atomic mass is 16.6. The third kappa shape index (κ3) is 5.01. The maximum atomic E-state index is 9.81. The molecule has 0 spiro atoms. The van der Waals surface area contributed by atoms with Gasteiger partial charge in [0.2, 0.25) is 0 Å². The van der Waals surface area contributed by atoms with Crippen LogP contribution in [-0.4, -0.2) is 61.6 Å². The summed E-state index contributed by atoms with van der Waals surface area (Å²) in [6.07, 6.45) is 0.974. The Hall–Kier alpha value is -0.980. The van der Waals surface area contributed by atoms with E-state index in [1.807, 2.05) is 25.1 Å². The number of ether oxygens (including phenoxy) is 3. The first-order chi connectivity index (χ1) is 11.6. The van der Waals surface area contributed by atoms with Crippen LogP contribution in [-0.2, 0) is 20.6 Å². The van der Waals surface area contributed by atoms with Crippen LogP contribution in [0.4, 0.5) is 0 Å². The van der Waals surface area contributed by atoms with Crippen molar-refractivity contribution in [3.05, 3.63) is 35.9 Å². The van der Waals surface area contributed by atoms with Crippen molar-refractivity contribution in [2.75, 3.05) is 20.8 Å². The summed E-state index contributed by atoms with van der Waals surface area (Å²) in [5.41, 5.74) is 1.24. The quantitative estimate of drug-likeness (QED) is 0.719. The molecule has 5 heteroatoms. The van der Waals surface area contributed by atoms with Crippen LogP contribution in [0.5, 0.6) is 0 Å². The Bertz CT molecular complexity index is 466. The van der Waals surface area contributed by atoms with E-state index >= 15 is 0 Å². The number of methoxy groups -OCH3 is 2. The molecule has 0 aliphatic carbocycles. The first-order valence-corrected chi connectivity index (χ1v) is 8.62. The highest BCUT2D eigenvalue weighted by Gasteiger charge is 2.45. The van der Waals surface area contributed by atoms with Gasteiger partial charge in [0.25, 0.3) is 0 Å². The monoisotopic (exact) mass is 338 g/mol. The van der Waals surface area contributed by atoms with Crippen molar-refractivity contribution in [1.82, 2.24) is 0 Å². The zero-order chi connectivity index (χ0) is 17.5. The molecule has 2 unspecified atom stereocenters. The van der Waals surface area contributed by atoms with Crippen LogP contribution in [0.1, 0.15) is 25.3 Å². The Labute approximate surface area is 144 Å². The van der Waals surface area contributed by atoms with Crippen LogP contribution < -0.4 is 0 Å². The predicted molar refractivity (Wildman–Crippen MR) is 91.9 cm³/mol. The minimum atomic E-state index is -0.788. The van der Waals surface area contributed by atoms with Crippen molar-refractivity contribution in [3.8, 4) is 0 Å². The summed E-state index contributed by atoms with van der Waals surface area (Å²) < 4.78 is 17.4. The van der Waals surface area contributed by atoms with Gasteiger partial charge in [0.05, 0.1) is 37.1 Å². The first-order valence-electron chi connectivity index (χ1n) is 8.62. The summed E-state index contributed by atoms with van der Waals surface area (Å²) in [6.45, 7) is 1.76. The Balaban J connectivity index is 2.15. The third-order valence-corrected chi connectivity index (χ3v) is 4.88. The van der Waals surface area contributed by atoms with E-state index in [0.717, 1.165) is 12.8 Å². The topological polar surface area (TPSA) is 68.2 Å². The third-order valence-electron chi connectivity index (χ3n) is 4.88. The van der Waals surface area contributed by atoms with Gasteiger partial charge in [0.1, 0.15) is 0 Å². The molecule has 1 aliphatic rings.